The summed E-state index contributed by atoms with van der Waals surface area (Å²) in [6.45, 7) is 0. The summed E-state index contributed by atoms with van der Waals surface area (Å²) < 4.78 is 12.9. The quantitative estimate of drug-likeness (QED) is 0.927. The lowest BCUT2D eigenvalue weighted by molar-refractivity contribution is -0.138. The van der Waals surface area contributed by atoms with Crippen LogP contribution in [-0.2, 0) is 11.2 Å². The fourth-order valence-corrected chi connectivity index (χ4v) is 1.99. The largest absolute Gasteiger partial charge is 0.481 e. The molecule has 0 radical (unpaired) electrons. The summed E-state index contributed by atoms with van der Waals surface area (Å²) in [5.41, 5.74) is 1.91. The van der Waals surface area contributed by atoms with Gasteiger partial charge in [0.15, 0.2) is 0 Å². The van der Waals surface area contributed by atoms with Crippen LogP contribution in [0.1, 0.15) is 22.6 Å². The zero-order valence-corrected chi connectivity index (χ0v) is 10.6. The number of carbonyl (C=O) groups is 1. The highest BCUT2D eigenvalue weighted by molar-refractivity contribution is 5.76. The van der Waals surface area contributed by atoms with Gasteiger partial charge in [0, 0.05) is 0 Å². The van der Waals surface area contributed by atoms with E-state index in [9.17, 15) is 14.3 Å². The highest BCUT2D eigenvalue weighted by atomic mass is 19.1. The minimum atomic E-state index is -0.957. The van der Waals surface area contributed by atoms with Crippen molar-refractivity contribution < 1.29 is 14.3 Å². The molecule has 0 bridgehead atoms. The summed E-state index contributed by atoms with van der Waals surface area (Å²) >= 11 is 0. The van der Waals surface area contributed by atoms with Gasteiger partial charge in [-0.15, -0.1) is 0 Å². The predicted octanol–water partition coefficient (Wildman–Crippen LogP) is 3.11. The monoisotopic (exact) mass is 269 g/mol. The Kier molecular flexibility index (Phi) is 4.11. The van der Waals surface area contributed by atoms with Crippen LogP contribution < -0.4 is 0 Å². The summed E-state index contributed by atoms with van der Waals surface area (Å²) in [5.74, 6) is -2.08. The second kappa shape index (κ2) is 5.98. The normalized spacial score (nSPS) is 11.6. The molecule has 0 aliphatic rings. The van der Waals surface area contributed by atoms with Crippen molar-refractivity contribution in [2.75, 3.05) is 0 Å². The van der Waals surface area contributed by atoms with Crippen molar-refractivity contribution in [3.63, 3.8) is 0 Å². The Morgan fingerprint density at radius 1 is 1.15 bits per heavy atom. The summed E-state index contributed by atoms with van der Waals surface area (Å²) in [6.07, 6.45) is 0.298. The predicted molar refractivity (Wildman–Crippen MR) is 71.6 cm³/mol. The topological polar surface area (TPSA) is 61.1 Å². The molecule has 2 aromatic carbocycles. The number of carboxylic acid groups (broad SMARTS) is 1. The molecule has 2 rings (SSSR count). The maximum atomic E-state index is 12.9. The van der Waals surface area contributed by atoms with Gasteiger partial charge in [-0.25, -0.2) is 4.39 Å². The fraction of sp³-hybridized carbons (Fsp3) is 0.125. The van der Waals surface area contributed by atoms with Gasteiger partial charge in [-0.1, -0.05) is 24.3 Å². The number of carboxylic acids is 1. The number of rotatable bonds is 4. The van der Waals surface area contributed by atoms with Gasteiger partial charge in [-0.2, -0.15) is 5.26 Å². The molecule has 0 amide bonds. The number of hydrogen-bond donors (Lipinski definition) is 1. The first kappa shape index (κ1) is 13.8. The molecule has 0 heterocycles. The second-order valence-electron chi connectivity index (χ2n) is 4.46. The van der Waals surface area contributed by atoms with Crippen LogP contribution in [0.4, 0.5) is 4.39 Å². The van der Waals surface area contributed by atoms with Crippen LogP contribution in [0.15, 0.2) is 48.5 Å². The van der Waals surface area contributed by atoms with Gasteiger partial charge in [0.25, 0.3) is 0 Å². The first-order chi connectivity index (χ1) is 9.60. The third-order valence-electron chi connectivity index (χ3n) is 3.09. The molecule has 100 valence electrons. The maximum absolute atomic E-state index is 12.9. The van der Waals surface area contributed by atoms with Crippen LogP contribution in [0, 0.1) is 17.1 Å². The summed E-state index contributed by atoms with van der Waals surface area (Å²) in [6, 6.07) is 14.3. The lowest BCUT2D eigenvalue weighted by atomic mass is 9.92. The van der Waals surface area contributed by atoms with Crippen LogP contribution in [0.3, 0.4) is 0 Å². The van der Waals surface area contributed by atoms with Gasteiger partial charge in [0.1, 0.15) is 5.82 Å². The van der Waals surface area contributed by atoms with Crippen LogP contribution >= 0.6 is 0 Å². The van der Waals surface area contributed by atoms with Gasteiger partial charge in [0.05, 0.1) is 17.6 Å². The summed E-state index contributed by atoms with van der Waals surface area (Å²) in [4.78, 5) is 11.4. The smallest absolute Gasteiger partial charge is 0.311 e. The first-order valence-corrected chi connectivity index (χ1v) is 6.07. The number of halogens is 1. The van der Waals surface area contributed by atoms with Crippen LogP contribution in [0.5, 0.6) is 0 Å². The van der Waals surface area contributed by atoms with E-state index >= 15 is 0 Å². The van der Waals surface area contributed by atoms with E-state index in [4.69, 9.17) is 5.26 Å². The third-order valence-corrected chi connectivity index (χ3v) is 3.09. The molecule has 4 heteroatoms. The minimum absolute atomic E-state index is 0.298. The molecular formula is C16H12FNO2. The highest BCUT2D eigenvalue weighted by Crippen LogP contribution is 2.22. The molecule has 1 atom stereocenters. The molecular weight excluding hydrogens is 257 g/mol. The molecule has 0 spiro atoms. The number of nitrogens with zero attached hydrogens (tertiary/aromatic N) is 1. The minimum Gasteiger partial charge on any atom is -0.481 e. The molecule has 0 aromatic heterocycles. The van der Waals surface area contributed by atoms with Crippen LogP contribution in [0.25, 0.3) is 0 Å². The molecule has 0 saturated heterocycles. The maximum Gasteiger partial charge on any atom is 0.311 e. The fourth-order valence-electron chi connectivity index (χ4n) is 1.99. The van der Waals surface area contributed by atoms with Gasteiger partial charge in [-0.05, 0) is 41.8 Å². The van der Waals surface area contributed by atoms with Crippen molar-refractivity contribution >= 4 is 5.97 Å². The Morgan fingerprint density at radius 3 is 2.25 bits per heavy atom. The van der Waals surface area contributed by atoms with Gasteiger partial charge < -0.3 is 5.11 Å². The molecule has 1 unspecified atom stereocenters. The Balaban J connectivity index is 2.23. The third kappa shape index (κ3) is 3.21. The Bertz CT molecular complexity index is 642. The van der Waals surface area contributed by atoms with E-state index < -0.39 is 17.7 Å². The Hall–Kier alpha value is -2.67. The van der Waals surface area contributed by atoms with Crippen molar-refractivity contribution in [3.8, 4) is 6.07 Å². The molecule has 0 fully saturated rings. The molecule has 0 aliphatic heterocycles. The summed E-state index contributed by atoms with van der Waals surface area (Å²) in [7, 11) is 0. The van der Waals surface area contributed by atoms with E-state index in [0.717, 1.165) is 5.56 Å². The molecule has 3 nitrogen and oxygen atoms in total. The zero-order chi connectivity index (χ0) is 14.5. The van der Waals surface area contributed by atoms with E-state index in [1.807, 2.05) is 6.07 Å². The van der Waals surface area contributed by atoms with Crippen molar-refractivity contribution in [2.45, 2.75) is 12.3 Å². The van der Waals surface area contributed by atoms with E-state index in [0.29, 0.717) is 17.5 Å². The van der Waals surface area contributed by atoms with Crippen molar-refractivity contribution in [2.24, 2.45) is 0 Å². The second-order valence-corrected chi connectivity index (χ2v) is 4.46. The Morgan fingerprint density at radius 2 is 1.75 bits per heavy atom. The first-order valence-electron chi connectivity index (χ1n) is 6.07. The van der Waals surface area contributed by atoms with Crippen molar-refractivity contribution in [1.29, 1.82) is 5.26 Å². The number of hydrogen-bond acceptors (Lipinski definition) is 2. The summed E-state index contributed by atoms with van der Waals surface area (Å²) in [5, 5.41) is 18.0. The lowest BCUT2D eigenvalue weighted by Crippen LogP contribution is -2.14. The van der Waals surface area contributed by atoms with Crippen LogP contribution in [0.2, 0.25) is 0 Å². The van der Waals surface area contributed by atoms with Crippen molar-refractivity contribution in [3.05, 3.63) is 71.0 Å². The lowest BCUT2D eigenvalue weighted by Gasteiger charge is -2.13. The van der Waals surface area contributed by atoms with E-state index in [1.165, 1.54) is 24.3 Å². The van der Waals surface area contributed by atoms with Crippen molar-refractivity contribution in [1.82, 2.24) is 0 Å². The molecule has 20 heavy (non-hydrogen) atoms. The number of benzene rings is 2. The van der Waals surface area contributed by atoms with E-state index in [2.05, 4.69) is 0 Å². The zero-order valence-electron chi connectivity index (χ0n) is 10.6. The Labute approximate surface area is 115 Å². The highest BCUT2D eigenvalue weighted by Gasteiger charge is 2.20. The average molecular weight is 269 g/mol. The number of nitriles is 1. The molecule has 2 aromatic rings. The van der Waals surface area contributed by atoms with Crippen LogP contribution in [-0.4, -0.2) is 11.1 Å². The number of aliphatic carboxylic acids is 1. The molecule has 1 N–H and O–H groups in total. The molecule has 0 saturated carbocycles. The van der Waals surface area contributed by atoms with E-state index in [-0.39, 0.29) is 0 Å². The average Bonchev–Trinajstić information content (AvgIpc) is 2.46. The van der Waals surface area contributed by atoms with Gasteiger partial charge in [0.2, 0.25) is 0 Å². The van der Waals surface area contributed by atoms with Gasteiger partial charge in [-0.3, -0.25) is 4.79 Å². The SMILES string of the molecule is N#Cc1ccc(CC(C(=O)O)c2ccc(F)cc2)cc1. The van der Waals surface area contributed by atoms with E-state index in [1.54, 1.807) is 24.3 Å². The molecule has 0 aliphatic carbocycles. The standard InChI is InChI=1S/C16H12FNO2/c17-14-7-5-13(6-8-14)15(16(19)20)9-11-1-3-12(10-18)4-2-11/h1-8,15H,9H2,(H,19,20). The van der Waals surface area contributed by atoms with Gasteiger partial charge >= 0.3 is 5.97 Å².